The van der Waals surface area contributed by atoms with E-state index in [0.717, 1.165) is 25.9 Å². The molecule has 8 N–H and O–H groups in total. The van der Waals surface area contributed by atoms with Crippen LogP contribution in [-0.4, -0.2) is 160 Å². The first kappa shape index (κ1) is 33.5. The smallest absolute Gasteiger partial charge is 0.0898 e. The van der Waals surface area contributed by atoms with Crippen LogP contribution in [-0.2, 0) is 9.47 Å². The zero-order valence-electron chi connectivity index (χ0n) is 20.5. The number of ether oxygens (including phenoxy) is 2. The molecular weight excluding hydrogens is 452 g/mol. The van der Waals surface area contributed by atoms with Crippen molar-refractivity contribution in [2.24, 2.45) is 0 Å². The second-order valence-electron chi connectivity index (χ2n) is 8.45. The second-order valence-corrected chi connectivity index (χ2v) is 8.45. The summed E-state index contributed by atoms with van der Waals surface area (Å²) in [6.07, 6.45) is -2.18. The Labute approximate surface area is 203 Å². The van der Waals surface area contributed by atoms with Crippen molar-refractivity contribution in [3.8, 4) is 0 Å². The van der Waals surface area contributed by atoms with Crippen LogP contribution in [0.3, 0.4) is 0 Å². The maximum Gasteiger partial charge on any atom is 0.0898 e. The van der Waals surface area contributed by atoms with Gasteiger partial charge in [0.15, 0.2) is 0 Å². The van der Waals surface area contributed by atoms with Gasteiger partial charge in [-0.05, 0) is 25.7 Å². The number of rotatable bonds is 24. The Morgan fingerprint density at radius 2 is 0.912 bits per heavy atom. The van der Waals surface area contributed by atoms with Crippen molar-refractivity contribution in [1.82, 2.24) is 9.80 Å². The summed E-state index contributed by atoms with van der Waals surface area (Å²) >= 11 is 0. The van der Waals surface area contributed by atoms with Gasteiger partial charge in [-0.15, -0.1) is 0 Å². The molecule has 0 rings (SSSR count). The van der Waals surface area contributed by atoms with Gasteiger partial charge in [-0.1, -0.05) is 6.92 Å². The third-order valence-electron chi connectivity index (χ3n) is 5.16. The fourth-order valence-corrected chi connectivity index (χ4v) is 3.49. The van der Waals surface area contributed by atoms with Crippen LogP contribution in [0.1, 0.15) is 32.6 Å². The lowest BCUT2D eigenvalue weighted by molar-refractivity contribution is -0.0743. The Morgan fingerprint density at radius 1 is 0.559 bits per heavy atom. The molecule has 0 aromatic carbocycles. The highest BCUT2D eigenvalue weighted by Gasteiger charge is 2.30. The van der Waals surface area contributed by atoms with Gasteiger partial charge in [-0.3, -0.25) is 9.80 Å². The Bertz CT molecular complexity index is 400. The first-order valence-corrected chi connectivity index (χ1v) is 12.1. The molecule has 0 bridgehead atoms. The maximum absolute atomic E-state index is 10.1. The number of aliphatic hydroxyl groups excluding tert-OH is 8. The van der Waals surface area contributed by atoms with E-state index < -0.39 is 57.0 Å². The van der Waals surface area contributed by atoms with E-state index in [1.54, 1.807) is 9.80 Å². The highest BCUT2D eigenvalue weighted by Crippen LogP contribution is 2.15. The van der Waals surface area contributed by atoms with Crippen molar-refractivity contribution in [2.45, 2.75) is 63.2 Å². The highest BCUT2D eigenvalue weighted by molar-refractivity contribution is 4.81. The van der Waals surface area contributed by atoms with Crippen LogP contribution in [0.5, 0.6) is 0 Å². The molecular formula is C22H48N2O10. The molecule has 0 aromatic heterocycles. The predicted octanol–water partition coefficient (Wildman–Crippen LogP) is -3.06. The lowest BCUT2D eigenvalue weighted by Crippen LogP contribution is -2.57. The van der Waals surface area contributed by atoms with Gasteiger partial charge in [0.05, 0.1) is 57.0 Å². The number of nitrogens with zero attached hydrogens (tertiary/aromatic N) is 2. The Morgan fingerprint density at radius 3 is 1.24 bits per heavy atom. The molecule has 34 heavy (non-hydrogen) atoms. The van der Waals surface area contributed by atoms with Gasteiger partial charge in [0, 0.05) is 52.6 Å². The van der Waals surface area contributed by atoms with Crippen molar-refractivity contribution in [1.29, 1.82) is 0 Å². The molecule has 12 heteroatoms. The molecule has 0 amide bonds. The average Bonchev–Trinajstić information content (AvgIpc) is 2.83. The van der Waals surface area contributed by atoms with Crippen LogP contribution in [0, 0.1) is 0 Å². The van der Waals surface area contributed by atoms with E-state index in [4.69, 9.17) is 9.47 Å². The molecule has 0 aromatic rings. The van der Waals surface area contributed by atoms with Gasteiger partial charge in [-0.2, -0.15) is 0 Å². The van der Waals surface area contributed by atoms with E-state index in [1.807, 2.05) is 6.92 Å². The lowest BCUT2D eigenvalue weighted by Gasteiger charge is -2.42. The zero-order valence-corrected chi connectivity index (χ0v) is 20.5. The second kappa shape index (κ2) is 21.8. The van der Waals surface area contributed by atoms with Crippen LogP contribution >= 0.6 is 0 Å². The predicted molar refractivity (Wildman–Crippen MR) is 125 cm³/mol. The zero-order chi connectivity index (χ0) is 25.8. The van der Waals surface area contributed by atoms with E-state index in [2.05, 4.69) is 0 Å². The molecule has 0 aliphatic carbocycles. The normalized spacial score (nSPS) is 16.7. The molecule has 0 aliphatic rings. The summed E-state index contributed by atoms with van der Waals surface area (Å²) in [5.41, 5.74) is 0. The molecule has 0 heterocycles. The summed E-state index contributed by atoms with van der Waals surface area (Å²) in [5, 5.41) is 77.5. The maximum atomic E-state index is 10.1. The van der Waals surface area contributed by atoms with Crippen molar-refractivity contribution in [2.75, 3.05) is 79.0 Å². The van der Waals surface area contributed by atoms with Crippen LogP contribution < -0.4 is 0 Å². The minimum Gasteiger partial charge on any atom is -0.394 e. The van der Waals surface area contributed by atoms with Crippen LogP contribution in [0.2, 0.25) is 0 Å². The monoisotopic (exact) mass is 500 g/mol. The summed E-state index contributed by atoms with van der Waals surface area (Å²) in [6, 6.07) is 0. The standard InChI is InChI=1S/C22H48N2O10/c1-2-6-33-7-3-4-8-34-9-5-22(23(10-18(29)14-25)11-19(30)15-26)24(12-20(31)16-27)13-21(32)17-28/h18-22,25-32H,2-17H2,1H3. The van der Waals surface area contributed by atoms with E-state index in [1.165, 1.54) is 0 Å². The summed E-state index contributed by atoms with van der Waals surface area (Å²) < 4.78 is 11.2. The Kier molecular flexibility index (Phi) is 21.5. The largest absolute Gasteiger partial charge is 0.394 e. The van der Waals surface area contributed by atoms with Gasteiger partial charge in [-0.25, -0.2) is 0 Å². The fraction of sp³-hybridized carbons (Fsp3) is 1.00. The topological polar surface area (TPSA) is 187 Å². The van der Waals surface area contributed by atoms with E-state index in [-0.39, 0.29) is 32.8 Å². The first-order chi connectivity index (χ1) is 16.3. The van der Waals surface area contributed by atoms with E-state index in [9.17, 15) is 40.9 Å². The fourth-order valence-electron chi connectivity index (χ4n) is 3.49. The SMILES string of the molecule is CCCOCCCCOCCC(N(CC(O)CO)CC(O)CO)N(CC(O)CO)CC(O)CO. The van der Waals surface area contributed by atoms with Crippen molar-refractivity contribution in [3.05, 3.63) is 0 Å². The van der Waals surface area contributed by atoms with Gasteiger partial charge < -0.3 is 50.3 Å². The number of unbranched alkanes of at least 4 members (excludes halogenated alkanes) is 1. The molecule has 0 fully saturated rings. The third kappa shape index (κ3) is 16.2. The molecule has 0 saturated heterocycles. The van der Waals surface area contributed by atoms with Crippen molar-refractivity contribution in [3.63, 3.8) is 0 Å². The molecule has 0 radical (unpaired) electrons. The van der Waals surface area contributed by atoms with Gasteiger partial charge in [0.25, 0.3) is 0 Å². The lowest BCUT2D eigenvalue weighted by atomic mass is 10.1. The van der Waals surface area contributed by atoms with Gasteiger partial charge in [0.1, 0.15) is 0 Å². The number of aliphatic hydroxyl groups is 8. The summed E-state index contributed by atoms with van der Waals surface area (Å²) in [6.45, 7) is 1.89. The van der Waals surface area contributed by atoms with E-state index >= 15 is 0 Å². The minimum atomic E-state index is -1.13. The summed E-state index contributed by atoms with van der Waals surface area (Å²) in [7, 11) is 0. The van der Waals surface area contributed by atoms with Crippen LogP contribution in [0.4, 0.5) is 0 Å². The van der Waals surface area contributed by atoms with Crippen molar-refractivity contribution < 1.29 is 50.3 Å². The van der Waals surface area contributed by atoms with Crippen LogP contribution in [0.25, 0.3) is 0 Å². The van der Waals surface area contributed by atoms with Gasteiger partial charge in [0.2, 0.25) is 0 Å². The third-order valence-corrected chi connectivity index (χ3v) is 5.16. The summed E-state index contributed by atoms with van der Waals surface area (Å²) in [5.74, 6) is 0. The molecule has 0 spiro atoms. The molecule has 4 atom stereocenters. The van der Waals surface area contributed by atoms with E-state index in [0.29, 0.717) is 19.6 Å². The molecule has 12 nitrogen and oxygen atoms in total. The molecule has 4 unspecified atom stereocenters. The summed E-state index contributed by atoms with van der Waals surface area (Å²) in [4.78, 5) is 3.25. The first-order valence-electron chi connectivity index (χ1n) is 12.1. The Balaban J connectivity index is 5.35. The molecule has 0 aliphatic heterocycles. The highest BCUT2D eigenvalue weighted by atomic mass is 16.5. The molecule has 206 valence electrons. The van der Waals surface area contributed by atoms with Gasteiger partial charge >= 0.3 is 0 Å². The quantitative estimate of drug-likeness (QED) is 0.0495. The average molecular weight is 501 g/mol. The minimum absolute atomic E-state index is 0.0616. The van der Waals surface area contributed by atoms with Crippen LogP contribution in [0.15, 0.2) is 0 Å². The Hall–Kier alpha value is -0.480. The number of hydrogen-bond donors (Lipinski definition) is 8. The number of hydrogen-bond acceptors (Lipinski definition) is 12. The van der Waals surface area contributed by atoms with Crippen molar-refractivity contribution >= 4 is 0 Å². The molecule has 0 saturated carbocycles.